The van der Waals surface area contributed by atoms with Gasteiger partial charge in [0.25, 0.3) is 5.91 Å². The number of hydrogen-bond donors (Lipinski definition) is 0. The first-order valence-corrected chi connectivity index (χ1v) is 9.06. The molecule has 0 atom stereocenters. The van der Waals surface area contributed by atoms with Gasteiger partial charge in [0, 0.05) is 12.6 Å². The van der Waals surface area contributed by atoms with Crippen LogP contribution in [0.25, 0.3) is 10.2 Å². The third kappa shape index (κ3) is 3.15. The van der Waals surface area contributed by atoms with Gasteiger partial charge in [-0.1, -0.05) is 35.7 Å². The van der Waals surface area contributed by atoms with Crippen LogP contribution in [0.5, 0.6) is 0 Å². The van der Waals surface area contributed by atoms with E-state index < -0.39 is 10.8 Å². The lowest BCUT2D eigenvalue weighted by molar-refractivity contribution is -0.380. The van der Waals surface area contributed by atoms with Crippen molar-refractivity contribution in [1.82, 2.24) is 4.57 Å². The Balaban J connectivity index is 2.09. The Labute approximate surface area is 145 Å². The van der Waals surface area contributed by atoms with Crippen LogP contribution >= 0.6 is 22.7 Å². The van der Waals surface area contributed by atoms with Gasteiger partial charge in [0.05, 0.1) is 15.1 Å². The molecule has 8 heteroatoms. The molecule has 6 nitrogen and oxygen atoms in total. The lowest BCUT2D eigenvalue weighted by Crippen LogP contribution is -2.16. The Morgan fingerprint density at radius 1 is 1.29 bits per heavy atom. The van der Waals surface area contributed by atoms with Crippen molar-refractivity contribution in [3.63, 3.8) is 0 Å². The highest BCUT2D eigenvalue weighted by molar-refractivity contribution is 7.17. The number of nitrogens with zero attached hydrogens (tertiary/aromatic N) is 3. The molecule has 0 aliphatic rings. The molecule has 2 heterocycles. The Bertz CT molecular complexity index is 998. The fourth-order valence-corrected chi connectivity index (χ4v) is 4.25. The second-order valence-corrected chi connectivity index (χ2v) is 7.39. The molecule has 0 bridgehead atoms. The SMILES string of the molecule is CCCn1c(=NC(=O)c2ccc([N+](=O)[O-])s2)sc2cc(C)ccc21. The minimum Gasteiger partial charge on any atom is -0.316 e. The fraction of sp³-hybridized carbons (Fsp3) is 0.250. The lowest BCUT2D eigenvalue weighted by Gasteiger charge is -2.02. The smallest absolute Gasteiger partial charge is 0.316 e. The number of nitro groups is 1. The van der Waals surface area contributed by atoms with Gasteiger partial charge in [0.1, 0.15) is 4.88 Å². The third-order valence-corrected chi connectivity index (χ3v) is 5.53. The molecule has 124 valence electrons. The Kier molecular flexibility index (Phi) is 4.59. The summed E-state index contributed by atoms with van der Waals surface area (Å²) < 4.78 is 3.10. The molecule has 0 aliphatic heterocycles. The maximum absolute atomic E-state index is 12.4. The number of thiophene rings is 1. The highest BCUT2D eigenvalue weighted by Gasteiger charge is 2.15. The molecular weight excluding hydrogens is 346 g/mol. The molecule has 24 heavy (non-hydrogen) atoms. The molecule has 0 N–H and O–H groups in total. The van der Waals surface area contributed by atoms with Crippen molar-refractivity contribution in [3.8, 4) is 0 Å². The molecule has 1 amide bonds. The van der Waals surface area contributed by atoms with Crippen LogP contribution in [0.15, 0.2) is 35.3 Å². The molecule has 0 spiro atoms. The quantitative estimate of drug-likeness (QED) is 0.518. The number of benzene rings is 1. The maximum atomic E-state index is 12.4. The number of hydrogen-bond acceptors (Lipinski definition) is 5. The second kappa shape index (κ2) is 6.66. The molecule has 1 aromatic carbocycles. The molecule has 3 rings (SSSR count). The van der Waals surface area contributed by atoms with Gasteiger partial charge in [-0.15, -0.1) is 0 Å². The summed E-state index contributed by atoms with van der Waals surface area (Å²) in [5.41, 5.74) is 2.20. The van der Waals surface area contributed by atoms with Crippen LogP contribution in [0, 0.1) is 17.0 Å². The summed E-state index contributed by atoms with van der Waals surface area (Å²) in [4.78, 5) is 27.7. The monoisotopic (exact) mass is 361 g/mol. The molecule has 2 aromatic heterocycles. The van der Waals surface area contributed by atoms with Gasteiger partial charge in [-0.2, -0.15) is 4.99 Å². The molecule has 0 saturated carbocycles. The first kappa shape index (κ1) is 16.5. The van der Waals surface area contributed by atoms with Crippen molar-refractivity contribution < 1.29 is 9.72 Å². The molecule has 0 saturated heterocycles. The number of thiazole rings is 1. The summed E-state index contributed by atoms with van der Waals surface area (Å²) in [6, 6.07) is 8.94. The highest BCUT2D eigenvalue weighted by atomic mass is 32.1. The van der Waals surface area contributed by atoms with E-state index in [1.165, 1.54) is 23.5 Å². The Hall–Kier alpha value is -2.32. The van der Waals surface area contributed by atoms with E-state index in [9.17, 15) is 14.9 Å². The zero-order chi connectivity index (χ0) is 17.3. The number of carbonyl (C=O) groups is 1. The summed E-state index contributed by atoms with van der Waals surface area (Å²) in [5, 5.41) is 10.7. The van der Waals surface area contributed by atoms with Crippen molar-refractivity contribution in [2.75, 3.05) is 0 Å². The van der Waals surface area contributed by atoms with Crippen molar-refractivity contribution in [2.45, 2.75) is 26.8 Å². The van der Waals surface area contributed by atoms with Crippen LogP contribution in [-0.4, -0.2) is 15.4 Å². The van der Waals surface area contributed by atoms with Crippen LogP contribution < -0.4 is 4.80 Å². The van der Waals surface area contributed by atoms with E-state index in [1.807, 2.05) is 23.6 Å². The van der Waals surface area contributed by atoms with Crippen molar-refractivity contribution in [2.24, 2.45) is 4.99 Å². The fourth-order valence-electron chi connectivity index (χ4n) is 2.39. The average Bonchev–Trinajstić information content (AvgIpc) is 3.13. The Morgan fingerprint density at radius 3 is 2.75 bits per heavy atom. The largest absolute Gasteiger partial charge is 0.324 e. The third-order valence-electron chi connectivity index (χ3n) is 3.47. The average molecular weight is 361 g/mol. The van der Waals surface area contributed by atoms with E-state index in [1.54, 1.807) is 0 Å². The first-order chi connectivity index (χ1) is 11.5. The standard InChI is InChI=1S/C16H15N3O3S2/c1-3-8-18-11-5-4-10(2)9-13(11)24-16(18)17-15(20)12-6-7-14(23-12)19(21)22/h4-7,9H,3,8H2,1-2H3. The van der Waals surface area contributed by atoms with E-state index in [4.69, 9.17) is 0 Å². The van der Waals surface area contributed by atoms with E-state index in [0.29, 0.717) is 4.80 Å². The number of aromatic nitrogens is 1. The van der Waals surface area contributed by atoms with Crippen LogP contribution in [0.2, 0.25) is 0 Å². The van der Waals surface area contributed by atoms with Crippen LogP contribution in [0.4, 0.5) is 5.00 Å². The lowest BCUT2D eigenvalue weighted by atomic mass is 10.2. The summed E-state index contributed by atoms with van der Waals surface area (Å²) >= 11 is 2.31. The molecule has 0 fully saturated rings. The molecule has 0 unspecified atom stereocenters. The second-order valence-electron chi connectivity index (χ2n) is 5.32. The molecule has 3 aromatic rings. The van der Waals surface area contributed by atoms with Gasteiger partial charge in [-0.3, -0.25) is 14.9 Å². The number of rotatable bonds is 4. The van der Waals surface area contributed by atoms with Gasteiger partial charge in [-0.05, 0) is 37.1 Å². The zero-order valence-corrected chi connectivity index (χ0v) is 14.8. The van der Waals surface area contributed by atoms with E-state index in [-0.39, 0.29) is 9.88 Å². The zero-order valence-electron chi connectivity index (χ0n) is 13.2. The number of fused-ring (bicyclic) bond motifs is 1. The van der Waals surface area contributed by atoms with E-state index >= 15 is 0 Å². The normalized spacial score (nSPS) is 12.0. The number of carbonyl (C=O) groups excluding carboxylic acids is 1. The first-order valence-electron chi connectivity index (χ1n) is 7.43. The predicted molar refractivity (Wildman–Crippen MR) is 95.7 cm³/mol. The van der Waals surface area contributed by atoms with Gasteiger partial charge in [-0.25, -0.2) is 0 Å². The van der Waals surface area contributed by atoms with Gasteiger partial charge < -0.3 is 4.57 Å². The number of aryl methyl sites for hydroxylation is 2. The van der Waals surface area contributed by atoms with E-state index in [2.05, 4.69) is 18.0 Å². The van der Waals surface area contributed by atoms with Crippen LogP contribution in [-0.2, 0) is 6.54 Å². The molecule has 0 radical (unpaired) electrons. The summed E-state index contributed by atoms with van der Waals surface area (Å²) in [7, 11) is 0. The van der Waals surface area contributed by atoms with Crippen molar-refractivity contribution in [1.29, 1.82) is 0 Å². The predicted octanol–water partition coefficient (Wildman–Crippen LogP) is 4.13. The van der Waals surface area contributed by atoms with Crippen molar-refractivity contribution in [3.05, 3.63) is 55.7 Å². The summed E-state index contributed by atoms with van der Waals surface area (Å²) in [6.45, 7) is 4.86. The Morgan fingerprint density at radius 2 is 2.08 bits per heavy atom. The minimum atomic E-state index is -0.499. The van der Waals surface area contributed by atoms with Crippen LogP contribution in [0.3, 0.4) is 0 Å². The van der Waals surface area contributed by atoms with E-state index in [0.717, 1.165) is 40.1 Å². The van der Waals surface area contributed by atoms with Crippen LogP contribution in [0.1, 0.15) is 28.6 Å². The van der Waals surface area contributed by atoms with Crippen molar-refractivity contribution >= 4 is 43.8 Å². The summed E-state index contributed by atoms with van der Waals surface area (Å²) in [6.07, 6.45) is 0.922. The topological polar surface area (TPSA) is 77.5 Å². The minimum absolute atomic E-state index is 0.0537. The van der Waals surface area contributed by atoms with Gasteiger partial charge >= 0.3 is 5.00 Å². The van der Waals surface area contributed by atoms with Gasteiger partial charge in [0.2, 0.25) is 0 Å². The van der Waals surface area contributed by atoms with Gasteiger partial charge in [0.15, 0.2) is 4.80 Å². The number of amides is 1. The summed E-state index contributed by atoms with van der Waals surface area (Å²) in [5.74, 6) is -0.443. The molecular formula is C16H15N3O3S2. The highest BCUT2D eigenvalue weighted by Crippen LogP contribution is 2.25. The maximum Gasteiger partial charge on any atom is 0.324 e. The molecule has 0 aliphatic carbocycles.